The van der Waals surface area contributed by atoms with Gasteiger partial charge < -0.3 is 4.74 Å². The van der Waals surface area contributed by atoms with Gasteiger partial charge in [0.25, 0.3) is 10.2 Å². The van der Waals surface area contributed by atoms with Gasteiger partial charge in [0.05, 0.1) is 7.11 Å². The molecule has 0 fully saturated rings. The minimum atomic E-state index is -3.37. The highest BCUT2D eigenvalue weighted by Gasteiger charge is 2.19. The van der Waals surface area contributed by atoms with Crippen LogP contribution in [0.4, 0.5) is 0 Å². The lowest BCUT2D eigenvalue weighted by Gasteiger charge is -2.20. The summed E-state index contributed by atoms with van der Waals surface area (Å²) in [6.45, 7) is 0.301. The van der Waals surface area contributed by atoms with Crippen LogP contribution in [-0.4, -0.2) is 57.8 Å². The number of nitrogens with zero attached hydrogens (tertiary/aromatic N) is 2. The average Bonchev–Trinajstić information content (AvgIpc) is 2.16. The molecule has 0 bridgehead atoms. The van der Waals surface area contributed by atoms with Gasteiger partial charge in [-0.2, -0.15) is 17.0 Å². The van der Waals surface area contributed by atoms with Crippen LogP contribution in [0.1, 0.15) is 12.8 Å². The first kappa shape index (κ1) is 14.3. The molecular weight excluding hydrogens is 220 g/mol. The van der Waals surface area contributed by atoms with Crippen LogP contribution in [0.5, 0.6) is 0 Å². The molecule has 0 aliphatic rings. The van der Waals surface area contributed by atoms with Gasteiger partial charge in [-0.05, 0) is 6.42 Å². The van der Waals surface area contributed by atoms with Crippen molar-refractivity contribution in [1.29, 1.82) is 0 Å². The molecule has 0 amide bonds. The van der Waals surface area contributed by atoms with Crippen molar-refractivity contribution in [2.75, 3.05) is 34.8 Å². The summed E-state index contributed by atoms with van der Waals surface area (Å²) in [7, 11) is 2.35. The van der Waals surface area contributed by atoms with E-state index in [0.717, 1.165) is 4.31 Å². The molecule has 0 saturated carbocycles. The first-order chi connectivity index (χ1) is 6.82. The molecule has 90 valence electrons. The minimum absolute atomic E-state index is 0.226. The van der Waals surface area contributed by atoms with Crippen molar-refractivity contribution in [1.82, 2.24) is 8.61 Å². The van der Waals surface area contributed by atoms with E-state index in [1.54, 1.807) is 0 Å². The Morgan fingerprint density at radius 2 is 1.80 bits per heavy atom. The van der Waals surface area contributed by atoms with Gasteiger partial charge in [0.15, 0.2) is 0 Å². The van der Waals surface area contributed by atoms with Crippen LogP contribution >= 0.6 is 0 Å². The highest BCUT2D eigenvalue weighted by Crippen LogP contribution is 2.03. The summed E-state index contributed by atoms with van der Waals surface area (Å²) in [6, 6.07) is 0. The van der Waals surface area contributed by atoms with Crippen LogP contribution < -0.4 is 0 Å². The van der Waals surface area contributed by atoms with Crippen molar-refractivity contribution in [3.63, 3.8) is 0 Å². The third kappa shape index (κ3) is 4.59. The fraction of sp³-hybridized carbons (Fsp3) is 0.875. The third-order valence-electron chi connectivity index (χ3n) is 1.94. The number of carbonyl (C=O) groups is 1. The highest BCUT2D eigenvalue weighted by molar-refractivity contribution is 7.86. The van der Waals surface area contributed by atoms with E-state index in [2.05, 4.69) is 4.74 Å². The number of rotatable bonds is 6. The number of hydrogen-bond acceptors (Lipinski definition) is 4. The second-order valence-corrected chi connectivity index (χ2v) is 5.54. The van der Waals surface area contributed by atoms with Crippen LogP contribution in [0.3, 0.4) is 0 Å². The maximum atomic E-state index is 11.5. The molecule has 0 rings (SSSR count). The second kappa shape index (κ2) is 6.04. The van der Waals surface area contributed by atoms with Crippen LogP contribution in [0.15, 0.2) is 0 Å². The van der Waals surface area contributed by atoms with Crippen molar-refractivity contribution < 1.29 is 17.9 Å². The summed E-state index contributed by atoms with van der Waals surface area (Å²) >= 11 is 0. The Hall–Kier alpha value is -0.660. The molecule has 0 saturated heterocycles. The zero-order valence-corrected chi connectivity index (χ0v) is 10.4. The molecule has 0 aromatic heterocycles. The van der Waals surface area contributed by atoms with Gasteiger partial charge in [-0.15, -0.1) is 0 Å². The van der Waals surface area contributed by atoms with E-state index in [9.17, 15) is 13.2 Å². The smallest absolute Gasteiger partial charge is 0.305 e. The molecule has 6 nitrogen and oxygen atoms in total. The maximum absolute atomic E-state index is 11.5. The molecule has 0 N–H and O–H groups in total. The Morgan fingerprint density at radius 1 is 1.27 bits per heavy atom. The standard InChI is InChI=1S/C8H18N2O4S/c1-9(2)15(12,13)10(3)7-5-6-8(11)14-4/h5-7H2,1-4H3. The fourth-order valence-electron chi connectivity index (χ4n) is 0.942. The van der Waals surface area contributed by atoms with E-state index in [1.165, 1.54) is 32.6 Å². The predicted octanol–water partition coefficient (Wildman–Crippen LogP) is -0.322. The minimum Gasteiger partial charge on any atom is -0.469 e. The molecule has 0 aromatic carbocycles. The monoisotopic (exact) mass is 238 g/mol. The topological polar surface area (TPSA) is 66.9 Å². The van der Waals surface area contributed by atoms with Crippen molar-refractivity contribution in [2.45, 2.75) is 12.8 Å². The van der Waals surface area contributed by atoms with E-state index in [0.29, 0.717) is 13.0 Å². The molecule has 0 aliphatic heterocycles. The summed E-state index contributed by atoms with van der Waals surface area (Å²) in [5.74, 6) is -0.328. The van der Waals surface area contributed by atoms with Gasteiger partial charge in [0.1, 0.15) is 0 Å². The van der Waals surface area contributed by atoms with Gasteiger partial charge in [-0.25, -0.2) is 0 Å². The quantitative estimate of drug-likeness (QED) is 0.595. The molecule has 15 heavy (non-hydrogen) atoms. The summed E-state index contributed by atoms with van der Waals surface area (Å²) < 4.78 is 29.8. The number of methoxy groups -OCH3 is 1. The van der Waals surface area contributed by atoms with Crippen molar-refractivity contribution >= 4 is 16.2 Å². The Balaban J connectivity index is 4.05. The van der Waals surface area contributed by atoms with Crippen molar-refractivity contribution in [2.24, 2.45) is 0 Å². The molecular formula is C8H18N2O4S. The van der Waals surface area contributed by atoms with Crippen LogP contribution in [0, 0.1) is 0 Å². The number of ether oxygens (including phenoxy) is 1. The molecule has 0 unspecified atom stereocenters. The number of carbonyl (C=O) groups excluding carboxylic acids is 1. The van der Waals surface area contributed by atoms with E-state index in [-0.39, 0.29) is 12.4 Å². The molecule has 0 spiro atoms. The van der Waals surface area contributed by atoms with E-state index >= 15 is 0 Å². The van der Waals surface area contributed by atoms with Crippen molar-refractivity contribution in [3.8, 4) is 0 Å². The van der Waals surface area contributed by atoms with Gasteiger partial charge in [0.2, 0.25) is 0 Å². The summed E-state index contributed by atoms with van der Waals surface area (Å²) in [4.78, 5) is 10.8. The fourth-order valence-corrected chi connectivity index (χ4v) is 1.86. The average molecular weight is 238 g/mol. The lowest BCUT2D eigenvalue weighted by atomic mass is 10.3. The van der Waals surface area contributed by atoms with E-state index in [4.69, 9.17) is 0 Å². The molecule has 0 aromatic rings. The summed E-state index contributed by atoms with van der Waals surface area (Å²) in [5.41, 5.74) is 0. The lowest BCUT2D eigenvalue weighted by Crippen LogP contribution is -2.37. The van der Waals surface area contributed by atoms with Gasteiger partial charge in [-0.1, -0.05) is 0 Å². The first-order valence-electron chi connectivity index (χ1n) is 4.53. The summed E-state index contributed by atoms with van der Waals surface area (Å²) in [6.07, 6.45) is 0.681. The maximum Gasteiger partial charge on any atom is 0.305 e. The van der Waals surface area contributed by atoms with E-state index < -0.39 is 10.2 Å². The predicted molar refractivity (Wildman–Crippen MR) is 56.5 cm³/mol. The van der Waals surface area contributed by atoms with Gasteiger partial charge in [0, 0.05) is 34.1 Å². The molecule has 0 atom stereocenters. The highest BCUT2D eigenvalue weighted by atomic mass is 32.2. The van der Waals surface area contributed by atoms with E-state index in [1.807, 2.05) is 0 Å². The Kier molecular flexibility index (Phi) is 5.77. The van der Waals surface area contributed by atoms with Crippen LogP contribution in [0.25, 0.3) is 0 Å². The first-order valence-corrected chi connectivity index (χ1v) is 5.92. The Labute approximate surface area is 91.0 Å². The van der Waals surface area contributed by atoms with Crippen LogP contribution in [-0.2, 0) is 19.7 Å². The Bertz CT molecular complexity index is 300. The zero-order chi connectivity index (χ0) is 12.1. The largest absolute Gasteiger partial charge is 0.469 e. The molecule has 0 radical (unpaired) electrons. The SMILES string of the molecule is COC(=O)CCCN(C)S(=O)(=O)N(C)C. The third-order valence-corrected chi connectivity index (χ3v) is 3.83. The van der Waals surface area contributed by atoms with Gasteiger partial charge in [-0.3, -0.25) is 4.79 Å². The molecule has 0 aliphatic carbocycles. The molecule has 0 heterocycles. The van der Waals surface area contributed by atoms with Crippen molar-refractivity contribution in [3.05, 3.63) is 0 Å². The van der Waals surface area contributed by atoms with Crippen LogP contribution in [0.2, 0.25) is 0 Å². The zero-order valence-electron chi connectivity index (χ0n) is 9.56. The van der Waals surface area contributed by atoms with Gasteiger partial charge >= 0.3 is 5.97 Å². The normalized spacial score (nSPS) is 12.1. The Morgan fingerprint density at radius 3 is 2.20 bits per heavy atom. The number of hydrogen-bond donors (Lipinski definition) is 0. The summed E-state index contributed by atoms with van der Waals surface area (Å²) in [5, 5.41) is 0. The molecule has 7 heteroatoms. The lowest BCUT2D eigenvalue weighted by molar-refractivity contribution is -0.140. The second-order valence-electron chi connectivity index (χ2n) is 3.29. The number of esters is 1.